The largest absolute Gasteiger partial charge is 0.471 e. The smallest absolute Gasteiger partial charge is 0.462 e. The average Bonchev–Trinajstić information content (AvgIpc) is 2.87. The van der Waals surface area contributed by atoms with E-state index in [1.807, 2.05) is 42.3 Å². The fourth-order valence-electron chi connectivity index (χ4n) is 4.53. The lowest BCUT2D eigenvalue weighted by molar-refractivity contribution is -0.174. The number of ether oxygens (including phenoxy) is 1. The number of esters is 1. The van der Waals surface area contributed by atoms with Crippen LogP contribution in [0.5, 0.6) is 0 Å². The van der Waals surface area contributed by atoms with Crippen molar-refractivity contribution in [1.29, 1.82) is 0 Å². The molecule has 0 spiro atoms. The number of nitrogens with one attached hydrogen (secondary N) is 1. The lowest BCUT2D eigenvalue weighted by atomic mass is 9.90. The maximum atomic E-state index is 12.8. The minimum Gasteiger partial charge on any atom is -0.462 e. The zero-order valence-corrected chi connectivity index (χ0v) is 17.8. The normalized spacial score (nSPS) is 19.9. The molecule has 2 aliphatic rings. The number of anilines is 3. The summed E-state index contributed by atoms with van der Waals surface area (Å²) >= 11 is 0. The summed E-state index contributed by atoms with van der Waals surface area (Å²) < 4.78 is 43.5. The van der Waals surface area contributed by atoms with Crippen molar-refractivity contribution in [3.8, 4) is 0 Å². The number of alkyl halides is 3. The van der Waals surface area contributed by atoms with Crippen molar-refractivity contribution in [1.82, 2.24) is 5.32 Å². The van der Waals surface area contributed by atoms with E-state index in [9.17, 15) is 22.8 Å². The number of rotatable bonds is 3. The third kappa shape index (κ3) is 3.99. The highest BCUT2D eigenvalue weighted by atomic mass is 19.4. The van der Waals surface area contributed by atoms with Crippen LogP contribution >= 0.6 is 0 Å². The van der Waals surface area contributed by atoms with E-state index < -0.39 is 24.1 Å². The molecule has 2 aromatic rings. The van der Waals surface area contributed by atoms with Gasteiger partial charge in [0.1, 0.15) is 0 Å². The molecule has 1 N–H and O–H groups in total. The Morgan fingerprint density at radius 3 is 2.59 bits per heavy atom. The summed E-state index contributed by atoms with van der Waals surface area (Å²) in [5.41, 5.74) is 3.96. The quantitative estimate of drug-likeness (QED) is 0.710. The molecule has 0 bridgehead atoms. The Labute approximate surface area is 183 Å². The van der Waals surface area contributed by atoms with Crippen molar-refractivity contribution in [3.63, 3.8) is 0 Å². The van der Waals surface area contributed by atoms with Crippen molar-refractivity contribution < 1.29 is 27.5 Å². The molecule has 2 aromatic carbocycles. The number of hydrogen-bond donors (Lipinski definition) is 1. The predicted octanol–water partition coefficient (Wildman–Crippen LogP) is 4.33. The fourth-order valence-corrected chi connectivity index (χ4v) is 4.53. The first-order valence-corrected chi connectivity index (χ1v) is 10.5. The van der Waals surface area contributed by atoms with Crippen LogP contribution in [0.1, 0.15) is 41.7 Å². The number of carbonyl (C=O) groups excluding carboxylic acids is 2. The van der Waals surface area contributed by atoms with E-state index >= 15 is 0 Å². The molecule has 32 heavy (non-hydrogen) atoms. The maximum absolute atomic E-state index is 12.8. The monoisotopic (exact) mass is 447 g/mol. The molecule has 6 nitrogen and oxygen atoms in total. The minimum atomic E-state index is -4.91. The highest BCUT2D eigenvalue weighted by Gasteiger charge is 2.42. The van der Waals surface area contributed by atoms with Crippen molar-refractivity contribution in [2.24, 2.45) is 0 Å². The Morgan fingerprint density at radius 1 is 1.12 bits per heavy atom. The van der Waals surface area contributed by atoms with E-state index in [0.717, 1.165) is 22.6 Å². The van der Waals surface area contributed by atoms with E-state index in [2.05, 4.69) is 10.2 Å². The molecule has 0 radical (unpaired) electrons. The van der Waals surface area contributed by atoms with Gasteiger partial charge in [-0.05, 0) is 49.6 Å². The SMILES string of the molecule is CCOC(=O)c1ccc2c(c1)N(C)c1ccccc1C1CC(NC(=O)C(F)(F)F)CCN21. The second kappa shape index (κ2) is 8.37. The van der Waals surface area contributed by atoms with Crippen molar-refractivity contribution in [2.75, 3.05) is 30.0 Å². The molecule has 0 aliphatic carbocycles. The third-order valence-electron chi connectivity index (χ3n) is 6.01. The standard InChI is InChI=1S/C23H24F3N3O3/c1-3-32-21(30)14-8-9-18-20(12-14)28(2)17-7-5-4-6-16(17)19-13-15(10-11-29(18)19)27-22(31)23(24,25)26/h4-9,12,15,19H,3,10-11,13H2,1-2H3,(H,27,31). The molecule has 1 fully saturated rings. The number of fused-ring (bicyclic) bond motifs is 5. The van der Waals surface area contributed by atoms with Crippen LogP contribution in [-0.2, 0) is 9.53 Å². The number of benzene rings is 2. The number of amides is 1. The van der Waals surface area contributed by atoms with Gasteiger partial charge in [-0.1, -0.05) is 18.2 Å². The molecule has 0 aromatic heterocycles. The van der Waals surface area contributed by atoms with E-state index in [1.54, 1.807) is 19.1 Å². The number of nitrogens with zero attached hydrogens (tertiary/aromatic N) is 2. The van der Waals surface area contributed by atoms with Gasteiger partial charge in [-0.25, -0.2) is 4.79 Å². The Balaban J connectivity index is 1.73. The van der Waals surface area contributed by atoms with Gasteiger partial charge in [0.15, 0.2) is 0 Å². The van der Waals surface area contributed by atoms with Gasteiger partial charge >= 0.3 is 18.1 Å². The van der Waals surface area contributed by atoms with E-state index in [1.165, 1.54) is 0 Å². The number of piperidine rings is 1. The van der Waals surface area contributed by atoms with Crippen molar-refractivity contribution in [2.45, 2.75) is 38.0 Å². The highest BCUT2D eigenvalue weighted by Crippen LogP contribution is 2.48. The zero-order valence-electron chi connectivity index (χ0n) is 17.8. The Morgan fingerprint density at radius 2 is 1.88 bits per heavy atom. The van der Waals surface area contributed by atoms with Crippen molar-refractivity contribution >= 4 is 28.9 Å². The molecule has 2 atom stereocenters. The number of halogens is 3. The summed E-state index contributed by atoms with van der Waals surface area (Å²) in [5.74, 6) is -2.32. The molecular weight excluding hydrogens is 423 g/mol. The average molecular weight is 447 g/mol. The molecular formula is C23H24F3N3O3. The molecule has 2 aliphatic heterocycles. The number of para-hydroxylation sites is 1. The van der Waals surface area contributed by atoms with Gasteiger partial charge in [-0.15, -0.1) is 0 Å². The van der Waals surface area contributed by atoms with Gasteiger partial charge in [0.25, 0.3) is 0 Å². The van der Waals surface area contributed by atoms with Gasteiger partial charge in [-0.2, -0.15) is 13.2 Å². The summed E-state index contributed by atoms with van der Waals surface area (Å²) in [6.45, 7) is 2.48. The van der Waals surface area contributed by atoms with E-state index in [-0.39, 0.29) is 12.6 Å². The predicted molar refractivity (Wildman–Crippen MR) is 114 cm³/mol. The van der Waals surface area contributed by atoms with Crippen LogP contribution in [0.4, 0.5) is 30.2 Å². The van der Waals surface area contributed by atoms with Crippen LogP contribution < -0.4 is 15.1 Å². The van der Waals surface area contributed by atoms with Crippen molar-refractivity contribution in [3.05, 3.63) is 53.6 Å². The molecule has 9 heteroatoms. The first kappa shape index (κ1) is 22.0. The van der Waals surface area contributed by atoms with E-state index in [4.69, 9.17) is 4.74 Å². The highest BCUT2D eigenvalue weighted by molar-refractivity contribution is 5.94. The van der Waals surface area contributed by atoms with Gasteiger partial charge < -0.3 is 19.9 Å². The number of carbonyl (C=O) groups is 2. The van der Waals surface area contributed by atoms with Crippen LogP contribution in [0.15, 0.2) is 42.5 Å². The second-order valence-corrected chi connectivity index (χ2v) is 7.94. The fraction of sp³-hybridized carbons (Fsp3) is 0.391. The molecule has 2 unspecified atom stereocenters. The molecule has 4 rings (SSSR count). The maximum Gasteiger partial charge on any atom is 0.471 e. The third-order valence-corrected chi connectivity index (χ3v) is 6.01. The van der Waals surface area contributed by atoms with Crippen LogP contribution in [0.3, 0.4) is 0 Å². The summed E-state index contributed by atoms with van der Waals surface area (Å²) in [4.78, 5) is 27.9. The molecule has 0 saturated carbocycles. The summed E-state index contributed by atoms with van der Waals surface area (Å²) in [6, 6.07) is 12.2. The van der Waals surface area contributed by atoms with Crippen LogP contribution in [0.2, 0.25) is 0 Å². The summed E-state index contributed by atoms with van der Waals surface area (Å²) in [6.07, 6.45) is -4.19. The summed E-state index contributed by atoms with van der Waals surface area (Å²) in [5, 5.41) is 2.15. The molecule has 170 valence electrons. The van der Waals surface area contributed by atoms with Gasteiger partial charge in [0, 0.05) is 25.3 Å². The van der Waals surface area contributed by atoms with Gasteiger partial charge in [0.05, 0.1) is 29.6 Å². The first-order valence-electron chi connectivity index (χ1n) is 10.5. The lowest BCUT2D eigenvalue weighted by Gasteiger charge is -2.41. The Kier molecular flexibility index (Phi) is 5.75. The zero-order chi connectivity index (χ0) is 23.0. The summed E-state index contributed by atoms with van der Waals surface area (Å²) in [7, 11) is 1.90. The lowest BCUT2D eigenvalue weighted by Crippen LogP contribution is -2.49. The molecule has 1 amide bonds. The second-order valence-electron chi connectivity index (χ2n) is 7.94. The van der Waals surface area contributed by atoms with Gasteiger partial charge in [0.2, 0.25) is 0 Å². The topological polar surface area (TPSA) is 61.9 Å². The minimum absolute atomic E-state index is 0.226. The van der Waals surface area contributed by atoms with Gasteiger partial charge in [-0.3, -0.25) is 4.79 Å². The van der Waals surface area contributed by atoms with Crippen LogP contribution in [0, 0.1) is 0 Å². The van der Waals surface area contributed by atoms with Crippen LogP contribution in [-0.4, -0.2) is 44.3 Å². The molecule has 1 saturated heterocycles. The number of hydrogen-bond acceptors (Lipinski definition) is 5. The van der Waals surface area contributed by atoms with E-state index in [0.29, 0.717) is 24.9 Å². The Hall–Kier alpha value is -3.23. The molecule has 2 heterocycles. The first-order chi connectivity index (χ1) is 15.2. The van der Waals surface area contributed by atoms with Crippen LogP contribution in [0.25, 0.3) is 0 Å². The Bertz CT molecular complexity index is 1040.